The fourth-order valence-electron chi connectivity index (χ4n) is 4.09. The van der Waals surface area contributed by atoms with Gasteiger partial charge in [-0.15, -0.1) is 0 Å². The van der Waals surface area contributed by atoms with Crippen molar-refractivity contribution < 1.29 is 22.7 Å². The molecule has 8 nitrogen and oxygen atoms in total. The molecule has 4 rings (SSSR count). The number of morpholine rings is 1. The second-order valence-corrected chi connectivity index (χ2v) is 12.2. The molecule has 1 aromatic heterocycles. The van der Waals surface area contributed by atoms with Crippen LogP contribution >= 0.6 is 34.5 Å². The number of hydrogen-bond acceptors (Lipinski definition) is 6. The number of carbonyl (C=O) groups excluding carboxylic acids is 1. The van der Waals surface area contributed by atoms with E-state index in [1.54, 1.807) is 6.07 Å². The Balaban J connectivity index is 1.65. The third-order valence-electron chi connectivity index (χ3n) is 5.72. The first kappa shape index (κ1) is 27.3. The van der Waals surface area contributed by atoms with Crippen LogP contribution in [0.3, 0.4) is 0 Å². The Morgan fingerprint density at radius 2 is 1.81 bits per heavy atom. The number of benzene rings is 2. The minimum atomic E-state index is -3.71. The van der Waals surface area contributed by atoms with Gasteiger partial charge in [0.1, 0.15) is 0 Å². The van der Waals surface area contributed by atoms with Gasteiger partial charge in [-0.2, -0.15) is 9.30 Å². The smallest absolute Gasteiger partial charge is 0.279 e. The first-order valence-electron chi connectivity index (χ1n) is 11.5. The Hall–Kier alpha value is -1.79. The highest BCUT2D eigenvalue weighted by atomic mass is 35.5. The summed E-state index contributed by atoms with van der Waals surface area (Å²) in [6.45, 7) is 7.56. The van der Waals surface area contributed by atoms with Crippen molar-refractivity contribution in [3.05, 3.63) is 56.8 Å². The van der Waals surface area contributed by atoms with Crippen molar-refractivity contribution in [2.75, 3.05) is 26.3 Å². The molecule has 2 unspecified atom stereocenters. The zero-order valence-electron chi connectivity index (χ0n) is 20.1. The molecule has 2 atom stereocenters. The summed E-state index contributed by atoms with van der Waals surface area (Å²) < 4.78 is 41.4. The molecular weight excluding hydrogens is 545 g/mol. The number of thiazole rings is 1. The van der Waals surface area contributed by atoms with E-state index in [0.717, 1.165) is 4.70 Å². The van der Waals surface area contributed by atoms with Crippen LogP contribution in [0.4, 0.5) is 0 Å². The lowest BCUT2D eigenvalue weighted by Gasteiger charge is -2.34. The quantitative estimate of drug-likeness (QED) is 0.387. The molecule has 12 heteroatoms. The van der Waals surface area contributed by atoms with E-state index in [1.165, 1.54) is 39.9 Å². The van der Waals surface area contributed by atoms with Gasteiger partial charge in [0.15, 0.2) is 4.80 Å². The van der Waals surface area contributed by atoms with E-state index < -0.39 is 15.9 Å². The van der Waals surface area contributed by atoms with Crippen molar-refractivity contribution in [1.82, 2.24) is 8.87 Å². The lowest BCUT2D eigenvalue weighted by atomic mass is 10.2. The Morgan fingerprint density at radius 1 is 1.14 bits per heavy atom. The van der Waals surface area contributed by atoms with Crippen molar-refractivity contribution >= 4 is 60.7 Å². The Labute approximate surface area is 224 Å². The van der Waals surface area contributed by atoms with Crippen LogP contribution in [-0.2, 0) is 26.0 Å². The molecule has 1 aliphatic heterocycles. The number of hydrogen-bond donors (Lipinski definition) is 0. The zero-order valence-corrected chi connectivity index (χ0v) is 23.3. The van der Waals surface area contributed by atoms with Crippen LogP contribution in [0, 0.1) is 0 Å². The van der Waals surface area contributed by atoms with E-state index in [4.69, 9.17) is 32.7 Å². The Morgan fingerprint density at radius 3 is 2.44 bits per heavy atom. The standard InChI is InChI=1S/C24H27Cl2N3O5S2/c1-4-33-12-11-29-22-20(10-9-19(25)21(22)26)35-24(29)27-23(30)17-5-7-18(8-6-17)36(31,32)28-13-15(2)34-16(3)14-28/h5-10,15-16H,4,11-14H2,1-3H3. The fourth-order valence-corrected chi connectivity index (χ4v) is 7.22. The Bertz CT molecular complexity index is 1420. The molecule has 0 bridgehead atoms. The van der Waals surface area contributed by atoms with Gasteiger partial charge in [0.25, 0.3) is 5.91 Å². The molecule has 36 heavy (non-hydrogen) atoms. The summed E-state index contributed by atoms with van der Waals surface area (Å²) in [5.41, 5.74) is 0.964. The van der Waals surface area contributed by atoms with E-state index >= 15 is 0 Å². The molecule has 1 fully saturated rings. The van der Waals surface area contributed by atoms with Gasteiger partial charge in [-0.05, 0) is 57.2 Å². The van der Waals surface area contributed by atoms with Crippen LogP contribution in [0.25, 0.3) is 10.2 Å². The molecule has 1 amide bonds. The number of amides is 1. The summed E-state index contributed by atoms with van der Waals surface area (Å²) in [5, 5.41) is 0.794. The molecule has 2 aromatic carbocycles. The molecule has 194 valence electrons. The van der Waals surface area contributed by atoms with Gasteiger partial charge in [0.2, 0.25) is 10.0 Å². The van der Waals surface area contributed by atoms with Crippen molar-refractivity contribution in [1.29, 1.82) is 0 Å². The third-order valence-corrected chi connectivity index (χ3v) is 9.40. The summed E-state index contributed by atoms with van der Waals surface area (Å²) in [6.07, 6.45) is -0.385. The van der Waals surface area contributed by atoms with Gasteiger partial charge in [-0.3, -0.25) is 4.79 Å². The number of aromatic nitrogens is 1. The minimum absolute atomic E-state index is 0.121. The monoisotopic (exact) mass is 571 g/mol. The van der Waals surface area contributed by atoms with Gasteiger partial charge >= 0.3 is 0 Å². The highest BCUT2D eigenvalue weighted by Gasteiger charge is 2.32. The summed E-state index contributed by atoms with van der Waals surface area (Å²) in [4.78, 5) is 17.9. The average Bonchev–Trinajstić information content (AvgIpc) is 3.18. The second kappa shape index (κ2) is 11.3. The second-order valence-electron chi connectivity index (χ2n) is 8.46. The molecule has 1 aliphatic rings. The molecule has 0 N–H and O–H groups in total. The van der Waals surface area contributed by atoms with Gasteiger partial charge < -0.3 is 14.0 Å². The lowest BCUT2D eigenvalue weighted by Crippen LogP contribution is -2.48. The number of carbonyl (C=O) groups is 1. The highest BCUT2D eigenvalue weighted by Crippen LogP contribution is 2.32. The van der Waals surface area contributed by atoms with Gasteiger partial charge in [0, 0.05) is 31.8 Å². The van der Waals surface area contributed by atoms with Gasteiger partial charge in [0.05, 0.1) is 44.0 Å². The van der Waals surface area contributed by atoms with Gasteiger partial charge in [-0.1, -0.05) is 34.5 Å². The average molecular weight is 573 g/mol. The topological polar surface area (TPSA) is 90.2 Å². The molecule has 0 saturated carbocycles. The predicted molar refractivity (Wildman–Crippen MR) is 141 cm³/mol. The van der Waals surface area contributed by atoms with E-state index in [2.05, 4.69) is 4.99 Å². The van der Waals surface area contributed by atoms with E-state index in [1.807, 2.05) is 31.4 Å². The lowest BCUT2D eigenvalue weighted by molar-refractivity contribution is -0.0440. The minimum Gasteiger partial charge on any atom is -0.380 e. The van der Waals surface area contributed by atoms with Crippen molar-refractivity contribution in [3.63, 3.8) is 0 Å². The normalized spacial score (nSPS) is 19.8. The maximum Gasteiger partial charge on any atom is 0.279 e. The fraction of sp³-hybridized carbons (Fsp3) is 0.417. The molecule has 2 heterocycles. The molecule has 0 spiro atoms. The van der Waals surface area contributed by atoms with E-state index in [9.17, 15) is 13.2 Å². The number of sulfonamides is 1. The van der Waals surface area contributed by atoms with Crippen LogP contribution in [0.1, 0.15) is 31.1 Å². The van der Waals surface area contributed by atoms with Crippen LogP contribution in [-0.4, -0.2) is 61.7 Å². The number of nitrogens with zero attached hydrogens (tertiary/aromatic N) is 3. The SMILES string of the molecule is CCOCCn1c(=NC(=O)c2ccc(S(=O)(=O)N3CC(C)OC(C)C3)cc2)sc2ccc(Cl)c(Cl)c21. The number of rotatable bonds is 7. The summed E-state index contributed by atoms with van der Waals surface area (Å²) in [5.74, 6) is -0.494. The zero-order chi connectivity index (χ0) is 26.0. The molecular formula is C24H27Cl2N3O5S2. The summed E-state index contributed by atoms with van der Waals surface area (Å²) in [6, 6.07) is 9.38. The van der Waals surface area contributed by atoms with Gasteiger partial charge in [-0.25, -0.2) is 8.42 Å². The first-order valence-corrected chi connectivity index (χ1v) is 14.5. The number of fused-ring (bicyclic) bond motifs is 1. The van der Waals surface area contributed by atoms with E-state index in [-0.39, 0.29) is 35.8 Å². The van der Waals surface area contributed by atoms with Crippen molar-refractivity contribution in [2.45, 2.75) is 44.4 Å². The third kappa shape index (κ3) is 5.70. The maximum atomic E-state index is 13.1. The largest absolute Gasteiger partial charge is 0.380 e. The molecule has 0 aliphatic carbocycles. The highest BCUT2D eigenvalue weighted by molar-refractivity contribution is 7.89. The van der Waals surface area contributed by atoms with Crippen LogP contribution in [0.15, 0.2) is 46.3 Å². The Kier molecular flexibility index (Phi) is 8.56. The van der Waals surface area contributed by atoms with Crippen LogP contribution in [0.2, 0.25) is 10.0 Å². The maximum absolute atomic E-state index is 13.1. The van der Waals surface area contributed by atoms with Crippen molar-refractivity contribution in [3.8, 4) is 0 Å². The molecule has 0 radical (unpaired) electrons. The van der Waals surface area contributed by atoms with Crippen LogP contribution in [0.5, 0.6) is 0 Å². The molecule has 1 saturated heterocycles. The van der Waals surface area contributed by atoms with Crippen LogP contribution < -0.4 is 4.80 Å². The van der Waals surface area contributed by atoms with Crippen molar-refractivity contribution in [2.24, 2.45) is 4.99 Å². The summed E-state index contributed by atoms with van der Waals surface area (Å²) >= 11 is 14.0. The first-order chi connectivity index (χ1) is 17.1. The number of ether oxygens (including phenoxy) is 2. The number of halogens is 2. The molecule has 3 aromatic rings. The van der Waals surface area contributed by atoms with E-state index in [0.29, 0.717) is 40.1 Å². The predicted octanol–water partition coefficient (Wildman–Crippen LogP) is 4.59. The summed E-state index contributed by atoms with van der Waals surface area (Å²) in [7, 11) is -3.71.